The summed E-state index contributed by atoms with van der Waals surface area (Å²) in [6.07, 6.45) is 2.44. The van der Waals surface area contributed by atoms with E-state index in [0.717, 1.165) is 18.9 Å². The highest BCUT2D eigenvalue weighted by Gasteiger charge is 2.34. The Morgan fingerprint density at radius 1 is 1.33 bits per heavy atom. The van der Waals surface area contributed by atoms with Crippen LogP contribution in [0.1, 0.15) is 25.7 Å². The Hall–Kier alpha value is -0.990. The molecule has 0 amide bonds. The van der Waals surface area contributed by atoms with E-state index in [1.807, 2.05) is 0 Å². The second-order valence-corrected chi connectivity index (χ2v) is 7.60. The number of aliphatic carboxylic acids is 1. The van der Waals surface area contributed by atoms with E-state index in [2.05, 4.69) is 20.7 Å². The number of carboxylic acid groups (broad SMARTS) is 1. The lowest BCUT2D eigenvalue weighted by atomic mass is 9.85. The highest BCUT2D eigenvalue weighted by Crippen LogP contribution is 2.27. The lowest BCUT2D eigenvalue weighted by Gasteiger charge is -2.29. The van der Waals surface area contributed by atoms with Gasteiger partial charge in [0.05, 0.1) is 15.3 Å². The van der Waals surface area contributed by atoms with Crippen LogP contribution in [0.15, 0.2) is 27.6 Å². The van der Waals surface area contributed by atoms with Crippen LogP contribution in [0, 0.1) is 11.7 Å². The van der Waals surface area contributed by atoms with Gasteiger partial charge in [0, 0.05) is 6.04 Å². The van der Waals surface area contributed by atoms with Crippen LogP contribution in [0.5, 0.6) is 0 Å². The van der Waals surface area contributed by atoms with Crippen molar-refractivity contribution in [2.24, 2.45) is 5.92 Å². The number of benzene rings is 1. The number of sulfonamides is 1. The Morgan fingerprint density at radius 3 is 2.62 bits per heavy atom. The quantitative estimate of drug-likeness (QED) is 0.841. The summed E-state index contributed by atoms with van der Waals surface area (Å²) < 4.78 is 40.5. The average molecular weight is 380 g/mol. The summed E-state index contributed by atoms with van der Waals surface area (Å²) >= 11 is 2.96. The van der Waals surface area contributed by atoms with Crippen molar-refractivity contribution in [2.45, 2.75) is 36.6 Å². The van der Waals surface area contributed by atoms with Gasteiger partial charge in [0.25, 0.3) is 0 Å². The summed E-state index contributed by atoms with van der Waals surface area (Å²) in [5.41, 5.74) is 0. The zero-order chi connectivity index (χ0) is 15.6. The van der Waals surface area contributed by atoms with Crippen molar-refractivity contribution < 1.29 is 22.7 Å². The molecule has 1 aromatic rings. The second-order valence-electron chi connectivity index (χ2n) is 5.03. The summed E-state index contributed by atoms with van der Waals surface area (Å²) in [5.74, 6) is -2.44. The summed E-state index contributed by atoms with van der Waals surface area (Å²) in [6, 6.07) is 2.83. The minimum atomic E-state index is -3.94. The van der Waals surface area contributed by atoms with E-state index in [9.17, 15) is 17.6 Å². The number of rotatable bonds is 4. The Balaban J connectivity index is 2.23. The molecule has 2 atom stereocenters. The molecule has 1 saturated carbocycles. The molecule has 116 valence electrons. The van der Waals surface area contributed by atoms with Crippen LogP contribution < -0.4 is 4.72 Å². The van der Waals surface area contributed by atoms with Gasteiger partial charge in [-0.05, 0) is 47.0 Å². The minimum absolute atomic E-state index is 0.169. The fourth-order valence-electron chi connectivity index (χ4n) is 2.48. The van der Waals surface area contributed by atoms with Crippen LogP contribution in [0.3, 0.4) is 0 Å². The van der Waals surface area contributed by atoms with Crippen molar-refractivity contribution in [3.63, 3.8) is 0 Å². The third-order valence-corrected chi connectivity index (χ3v) is 5.72. The van der Waals surface area contributed by atoms with E-state index in [-0.39, 0.29) is 9.37 Å². The van der Waals surface area contributed by atoms with Crippen molar-refractivity contribution >= 4 is 31.9 Å². The van der Waals surface area contributed by atoms with E-state index in [1.54, 1.807) is 0 Å². The third-order valence-electron chi connectivity index (χ3n) is 3.59. The van der Waals surface area contributed by atoms with Gasteiger partial charge in [0.15, 0.2) is 0 Å². The molecule has 0 aromatic heterocycles. The van der Waals surface area contributed by atoms with Crippen molar-refractivity contribution in [1.29, 1.82) is 0 Å². The molecule has 0 spiro atoms. The van der Waals surface area contributed by atoms with Crippen LogP contribution in [-0.2, 0) is 14.8 Å². The van der Waals surface area contributed by atoms with E-state index in [4.69, 9.17) is 5.11 Å². The molecule has 1 aromatic carbocycles. The summed E-state index contributed by atoms with van der Waals surface area (Å²) in [7, 11) is -3.94. The zero-order valence-electron chi connectivity index (χ0n) is 11.1. The van der Waals surface area contributed by atoms with E-state index >= 15 is 0 Å². The van der Waals surface area contributed by atoms with Crippen LogP contribution in [0.25, 0.3) is 0 Å². The predicted molar refractivity (Wildman–Crippen MR) is 77.8 cm³/mol. The Morgan fingerprint density at radius 2 is 2.00 bits per heavy atom. The number of hydrogen-bond donors (Lipinski definition) is 2. The fraction of sp³-hybridized carbons (Fsp3) is 0.462. The van der Waals surface area contributed by atoms with Crippen molar-refractivity contribution in [1.82, 2.24) is 4.72 Å². The smallest absolute Gasteiger partial charge is 0.308 e. The number of carbonyl (C=O) groups is 1. The molecule has 0 aliphatic heterocycles. The topological polar surface area (TPSA) is 83.5 Å². The van der Waals surface area contributed by atoms with E-state index in [0.29, 0.717) is 12.8 Å². The van der Waals surface area contributed by atoms with Gasteiger partial charge >= 0.3 is 5.97 Å². The number of halogens is 2. The molecule has 0 bridgehead atoms. The SMILES string of the molecule is O=C(O)C1CCCCC1NS(=O)(=O)c1ccc(Br)c(F)c1. The maximum atomic E-state index is 13.5. The van der Waals surface area contributed by atoms with Gasteiger partial charge in [0.2, 0.25) is 10.0 Å². The molecule has 2 N–H and O–H groups in total. The van der Waals surface area contributed by atoms with Crippen LogP contribution >= 0.6 is 15.9 Å². The highest BCUT2D eigenvalue weighted by atomic mass is 79.9. The largest absolute Gasteiger partial charge is 0.481 e. The monoisotopic (exact) mass is 379 g/mol. The molecular weight excluding hydrogens is 365 g/mol. The lowest BCUT2D eigenvalue weighted by Crippen LogP contribution is -2.45. The number of nitrogens with one attached hydrogen (secondary N) is 1. The van der Waals surface area contributed by atoms with E-state index < -0.39 is 33.8 Å². The first-order chi connectivity index (χ1) is 9.81. The molecule has 1 fully saturated rings. The molecule has 0 heterocycles. The number of hydrogen-bond acceptors (Lipinski definition) is 3. The van der Waals surface area contributed by atoms with Crippen molar-refractivity contribution in [3.05, 3.63) is 28.5 Å². The molecule has 8 heteroatoms. The molecule has 2 unspecified atom stereocenters. The Labute approximate surface area is 130 Å². The standard InChI is InChI=1S/C13H15BrFNO4S/c14-10-6-5-8(7-11(10)15)21(19,20)16-12-4-2-1-3-9(12)13(17)18/h5-7,9,12,16H,1-4H2,(H,17,18). The minimum Gasteiger partial charge on any atom is -0.481 e. The normalized spacial score (nSPS) is 23.0. The van der Waals surface area contributed by atoms with Crippen LogP contribution in [0.4, 0.5) is 4.39 Å². The molecule has 0 saturated heterocycles. The maximum absolute atomic E-state index is 13.5. The molecule has 1 aliphatic carbocycles. The summed E-state index contributed by atoms with van der Waals surface area (Å²) in [5, 5.41) is 9.16. The maximum Gasteiger partial charge on any atom is 0.308 e. The molecule has 1 aliphatic rings. The van der Waals surface area contributed by atoms with Gasteiger partial charge in [-0.3, -0.25) is 4.79 Å². The average Bonchev–Trinajstić information content (AvgIpc) is 2.41. The fourth-order valence-corrected chi connectivity index (χ4v) is 4.05. The highest BCUT2D eigenvalue weighted by molar-refractivity contribution is 9.10. The third kappa shape index (κ3) is 3.81. The Kier molecular flexibility index (Phi) is 5.00. The van der Waals surface area contributed by atoms with Gasteiger partial charge in [-0.25, -0.2) is 17.5 Å². The predicted octanol–water partition coefficient (Wildman–Crippen LogP) is 2.51. The molecule has 2 rings (SSSR count). The summed E-state index contributed by atoms with van der Waals surface area (Å²) in [6.45, 7) is 0. The molecular formula is C13H15BrFNO4S. The van der Waals surface area contributed by atoms with Gasteiger partial charge in [0.1, 0.15) is 5.82 Å². The second kappa shape index (κ2) is 6.41. The van der Waals surface area contributed by atoms with E-state index in [1.165, 1.54) is 12.1 Å². The molecule has 5 nitrogen and oxygen atoms in total. The van der Waals surface area contributed by atoms with Gasteiger partial charge in [-0.1, -0.05) is 12.8 Å². The van der Waals surface area contributed by atoms with Crippen LogP contribution in [-0.4, -0.2) is 25.5 Å². The lowest BCUT2D eigenvalue weighted by molar-refractivity contribution is -0.143. The van der Waals surface area contributed by atoms with Crippen molar-refractivity contribution in [3.8, 4) is 0 Å². The Bertz CT molecular complexity index is 650. The first-order valence-corrected chi connectivity index (χ1v) is 8.79. The first kappa shape index (κ1) is 16.4. The first-order valence-electron chi connectivity index (χ1n) is 6.51. The van der Waals surface area contributed by atoms with Gasteiger partial charge in [-0.15, -0.1) is 0 Å². The van der Waals surface area contributed by atoms with Gasteiger partial charge in [-0.2, -0.15) is 0 Å². The number of carboxylic acids is 1. The summed E-state index contributed by atoms with van der Waals surface area (Å²) in [4.78, 5) is 11.0. The van der Waals surface area contributed by atoms with Crippen LogP contribution in [0.2, 0.25) is 0 Å². The molecule has 21 heavy (non-hydrogen) atoms. The molecule has 0 radical (unpaired) electrons. The van der Waals surface area contributed by atoms with Crippen molar-refractivity contribution in [2.75, 3.05) is 0 Å². The zero-order valence-corrected chi connectivity index (χ0v) is 13.5. The van der Waals surface area contributed by atoms with Gasteiger partial charge < -0.3 is 5.11 Å².